The van der Waals surface area contributed by atoms with Crippen LogP contribution in [-0.4, -0.2) is 62.9 Å². The number of methoxy groups -OCH3 is 2. The van der Waals surface area contributed by atoms with Crippen molar-refractivity contribution in [3.05, 3.63) is 54.4 Å². The van der Waals surface area contributed by atoms with Gasteiger partial charge in [-0.3, -0.25) is 9.52 Å². The molecule has 14 heteroatoms. The molecule has 0 aliphatic rings. The first-order chi connectivity index (χ1) is 17.6. The molecular weight excluding hydrogens is 510 g/mol. The Hall–Kier alpha value is -4.59. The van der Waals surface area contributed by atoms with Gasteiger partial charge in [-0.25, -0.2) is 13.2 Å². The van der Waals surface area contributed by atoms with Crippen molar-refractivity contribution in [1.29, 1.82) is 0 Å². The van der Waals surface area contributed by atoms with Gasteiger partial charge in [-0.1, -0.05) is 6.07 Å². The van der Waals surface area contributed by atoms with Crippen LogP contribution in [0.15, 0.2) is 53.4 Å². The fraction of sp³-hybridized carbons (Fsp3) is 0.217. The van der Waals surface area contributed by atoms with E-state index in [4.69, 9.17) is 23.7 Å². The second kappa shape index (κ2) is 11.9. The first-order valence-corrected chi connectivity index (χ1v) is 12.0. The lowest BCUT2D eigenvalue weighted by molar-refractivity contribution is -0.141. The minimum atomic E-state index is -4.28. The van der Waals surface area contributed by atoms with Crippen LogP contribution < -0.4 is 23.7 Å². The maximum absolute atomic E-state index is 13.1. The Labute approximate surface area is 212 Å². The lowest BCUT2D eigenvalue weighted by atomic mass is 10.3. The molecule has 0 fully saturated rings. The van der Waals surface area contributed by atoms with Gasteiger partial charge in [-0.2, -0.15) is 9.97 Å². The van der Waals surface area contributed by atoms with Crippen molar-refractivity contribution in [1.82, 2.24) is 9.97 Å². The fourth-order valence-electron chi connectivity index (χ4n) is 2.83. The number of anilines is 1. The van der Waals surface area contributed by atoms with Gasteiger partial charge in [0, 0.05) is 13.0 Å². The quantitative estimate of drug-likeness (QED) is 0.258. The van der Waals surface area contributed by atoms with Gasteiger partial charge in [0.2, 0.25) is 11.6 Å². The largest absolute Gasteiger partial charge is 0.497 e. The number of aromatic nitrogens is 2. The summed E-state index contributed by atoms with van der Waals surface area (Å²) in [5.74, 6) is -3.09. The Bertz CT molecular complexity index is 1380. The molecule has 1 heterocycles. The van der Waals surface area contributed by atoms with Gasteiger partial charge in [0.05, 0.1) is 19.1 Å². The number of esters is 1. The molecule has 0 saturated heterocycles. The maximum Gasteiger partial charge on any atom is 0.374 e. The molecular formula is C23H23N3O10S. The Kier molecular flexibility index (Phi) is 8.68. The first kappa shape index (κ1) is 27.0. The number of hydrogen-bond acceptors (Lipinski definition) is 11. The minimum Gasteiger partial charge on any atom is -0.497 e. The van der Waals surface area contributed by atoms with E-state index in [0.717, 1.165) is 0 Å². The Balaban J connectivity index is 2.08. The van der Waals surface area contributed by atoms with E-state index in [1.54, 1.807) is 12.1 Å². The van der Waals surface area contributed by atoms with Crippen molar-refractivity contribution in [2.45, 2.75) is 11.8 Å². The second-order valence-corrected chi connectivity index (χ2v) is 8.77. The van der Waals surface area contributed by atoms with Crippen LogP contribution in [-0.2, 0) is 19.6 Å². The number of benzene rings is 2. The molecule has 3 aromatic rings. The molecule has 0 aliphatic carbocycles. The molecule has 0 unspecified atom stereocenters. The number of sulfonamides is 1. The van der Waals surface area contributed by atoms with Gasteiger partial charge in [-0.15, -0.1) is 0 Å². The molecule has 2 aromatic carbocycles. The topological polar surface area (TPSA) is 172 Å². The molecule has 13 nitrogen and oxygen atoms in total. The van der Waals surface area contributed by atoms with Crippen molar-refractivity contribution >= 4 is 27.8 Å². The predicted molar refractivity (Wildman–Crippen MR) is 128 cm³/mol. The van der Waals surface area contributed by atoms with Crippen LogP contribution in [0.4, 0.5) is 5.82 Å². The summed E-state index contributed by atoms with van der Waals surface area (Å²) in [4.78, 5) is 30.2. The third-order valence-corrected chi connectivity index (χ3v) is 5.87. The van der Waals surface area contributed by atoms with Crippen molar-refractivity contribution in [2.24, 2.45) is 0 Å². The number of carboxylic acid groups (broad SMARTS) is 1. The van der Waals surface area contributed by atoms with Crippen molar-refractivity contribution < 1.29 is 46.8 Å². The number of ether oxygens (including phenoxy) is 5. The standard InChI is InChI=1S/C23H23N3O10S/c1-14(27)34-11-12-35-22-19(36-17-6-4-5-16(13-17)33-3)20(24-21(25-22)23(28)29)26-37(30,31)18-9-7-15(32-2)8-10-18/h4-10,13H,11-12H2,1-3H3,(H,28,29)(H,24,25,26). The van der Waals surface area contributed by atoms with E-state index in [-0.39, 0.29) is 29.6 Å². The summed E-state index contributed by atoms with van der Waals surface area (Å²) in [6, 6.07) is 11.8. The molecule has 0 radical (unpaired) electrons. The average molecular weight is 534 g/mol. The van der Waals surface area contributed by atoms with Crippen LogP contribution in [0, 0.1) is 0 Å². The summed E-state index contributed by atoms with van der Waals surface area (Å²) >= 11 is 0. The highest BCUT2D eigenvalue weighted by Crippen LogP contribution is 2.38. The highest BCUT2D eigenvalue weighted by molar-refractivity contribution is 7.92. The van der Waals surface area contributed by atoms with E-state index in [2.05, 4.69) is 14.7 Å². The molecule has 0 amide bonds. The minimum absolute atomic E-state index is 0.159. The molecule has 1 aromatic heterocycles. The number of carbonyl (C=O) groups is 2. The Morgan fingerprint density at radius 3 is 2.24 bits per heavy atom. The third-order valence-electron chi connectivity index (χ3n) is 4.52. The van der Waals surface area contributed by atoms with Gasteiger partial charge in [0.15, 0.2) is 5.82 Å². The smallest absolute Gasteiger partial charge is 0.374 e. The van der Waals surface area contributed by atoms with Gasteiger partial charge in [0.25, 0.3) is 15.9 Å². The van der Waals surface area contributed by atoms with E-state index < -0.39 is 39.5 Å². The van der Waals surface area contributed by atoms with E-state index in [1.165, 1.54) is 57.5 Å². The fourth-order valence-corrected chi connectivity index (χ4v) is 3.84. The van der Waals surface area contributed by atoms with Crippen molar-refractivity contribution in [3.8, 4) is 28.9 Å². The number of hydrogen-bond donors (Lipinski definition) is 2. The Morgan fingerprint density at radius 1 is 0.946 bits per heavy atom. The zero-order chi connectivity index (χ0) is 27.0. The van der Waals surface area contributed by atoms with Gasteiger partial charge >= 0.3 is 11.9 Å². The normalized spacial score (nSPS) is 10.8. The second-order valence-electron chi connectivity index (χ2n) is 7.09. The van der Waals surface area contributed by atoms with Gasteiger partial charge in [0.1, 0.15) is 30.5 Å². The van der Waals surface area contributed by atoms with Crippen LogP contribution >= 0.6 is 0 Å². The number of carbonyl (C=O) groups excluding carboxylic acids is 1. The number of carboxylic acids is 1. The van der Waals surface area contributed by atoms with Crippen LogP contribution in [0.25, 0.3) is 0 Å². The highest BCUT2D eigenvalue weighted by atomic mass is 32.2. The summed E-state index contributed by atoms with van der Waals surface area (Å²) in [7, 11) is -1.40. The summed E-state index contributed by atoms with van der Waals surface area (Å²) in [5.41, 5.74) is 0. The number of rotatable bonds is 12. The van der Waals surface area contributed by atoms with Crippen LogP contribution in [0.3, 0.4) is 0 Å². The van der Waals surface area contributed by atoms with E-state index in [0.29, 0.717) is 11.5 Å². The predicted octanol–water partition coefficient (Wildman–Crippen LogP) is 2.73. The maximum atomic E-state index is 13.1. The zero-order valence-electron chi connectivity index (χ0n) is 20.0. The summed E-state index contributed by atoms with van der Waals surface area (Å²) < 4.78 is 54.8. The van der Waals surface area contributed by atoms with Crippen molar-refractivity contribution in [2.75, 3.05) is 32.2 Å². The molecule has 0 atom stereocenters. The molecule has 0 bridgehead atoms. The number of nitrogens with one attached hydrogen (secondary N) is 1. The third kappa shape index (κ3) is 7.20. The summed E-state index contributed by atoms with van der Waals surface area (Å²) in [6.45, 7) is 0.776. The Morgan fingerprint density at radius 2 is 1.62 bits per heavy atom. The summed E-state index contributed by atoms with van der Waals surface area (Å²) in [6.07, 6.45) is 0. The zero-order valence-corrected chi connectivity index (χ0v) is 20.8. The van der Waals surface area contributed by atoms with E-state index in [9.17, 15) is 23.1 Å². The SMILES string of the molecule is COc1ccc(S(=O)(=O)Nc2nc(C(=O)O)nc(OCCOC(C)=O)c2Oc2cccc(OC)c2)cc1. The molecule has 2 N–H and O–H groups in total. The molecule has 0 saturated carbocycles. The first-order valence-electron chi connectivity index (χ1n) is 10.5. The van der Waals surface area contributed by atoms with Crippen LogP contribution in [0.2, 0.25) is 0 Å². The van der Waals surface area contributed by atoms with Crippen molar-refractivity contribution in [3.63, 3.8) is 0 Å². The van der Waals surface area contributed by atoms with E-state index >= 15 is 0 Å². The van der Waals surface area contributed by atoms with E-state index in [1.807, 2.05) is 0 Å². The molecule has 0 spiro atoms. The number of aromatic carboxylic acids is 1. The van der Waals surface area contributed by atoms with Gasteiger partial charge < -0.3 is 28.8 Å². The van der Waals surface area contributed by atoms with Crippen LogP contribution in [0.1, 0.15) is 17.5 Å². The summed E-state index contributed by atoms with van der Waals surface area (Å²) in [5, 5.41) is 9.50. The molecule has 3 rings (SSSR count). The lowest BCUT2D eigenvalue weighted by Crippen LogP contribution is -2.18. The van der Waals surface area contributed by atoms with Crippen LogP contribution in [0.5, 0.6) is 28.9 Å². The lowest BCUT2D eigenvalue weighted by Gasteiger charge is -2.17. The van der Waals surface area contributed by atoms with Gasteiger partial charge in [-0.05, 0) is 36.4 Å². The monoisotopic (exact) mass is 533 g/mol. The average Bonchev–Trinajstić information content (AvgIpc) is 2.87. The molecule has 0 aliphatic heterocycles. The highest BCUT2D eigenvalue weighted by Gasteiger charge is 2.26. The molecule has 196 valence electrons. The molecule has 37 heavy (non-hydrogen) atoms. The number of nitrogens with zero attached hydrogens (tertiary/aromatic N) is 2.